The van der Waals surface area contributed by atoms with Crippen molar-refractivity contribution in [2.75, 3.05) is 27.3 Å². The zero-order valence-corrected chi connectivity index (χ0v) is 11.8. The lowest BCUT2D eigenvalue weighted by molar-refractivity contribution is 0.391. The van der Waals surface area contributed by atoms with Gasteiger partial charge in [0.1, 0.15) is 16.4 Å². The Balaban J connectivity index is 2.32. The molecule has 0 spiro atoms. The van der Waals surface area contributed by atoms with Crippen molar-refractivity contribution in [1.29, 1.82) is 0 Å². The molecule has 1 aliphatic rings. The van der Waals surface area contributed by atoms with E-state index in [9.17, 15) is 8.42 Å². The predicted molar refractivity (Wildman–Crippen MR) is 71.1 cm³/mol. The fraction of sp³-hybridized carbons (Fsp3) is 0.500. The predicted octanol–water partition coefficient (Wildman–Crippen LogP) is 0.344. The standard InChI is InChI=1S/C12H18N2O4S/c1-17-10-3-4-11(18-2)12(7-10)19(15,16)14-9-5-6-13-8-9/h3-4,7,9,13-14H,5-6,8H2,1-2H3/t9-/m1/s1. The van der Waals surface area contributed by atoms with Crippen LogP contribution in [0.4, 0.5) is 0 Å². The lowest BCUT2D eigenvalue weighted by Gasteiger charge is -2.15. The first kappa shape index (κ1) is 14.1. The number of methoxy groups -OCH3 is 2. The molecule has 1 saturated heterocycles. The van der Waals surface area contributed by atoms with Crippen molar-refractivity contribution in [3.8, 4) is 11.5 Å². The molecule has 1 atom stereocenters. The molecule has 0 unspecified atom stereocenters. The van der Waals surface area contributed by atoms with Gasteiger partial charge < -0.3 is 14.8 Å². The van der Waals surface area contributed by atoms with Gasteiger partial charge in [0.15, 0.2) is 0 Å². The van der Waals surface area contributed by atoms with Crippen LogP contribution in [0.1, 0.15) is 6.42 Å². The summed E-state index contributed by atoms with van der Waals surface area (Å²) in [5.74, 6) is 0.782. The third-order valence-corrected chi connectivity index (χ3v) is 4.58. The molecule has 1 fully saturated rings. The lowest BCUT2D eigenvalue weighted by atomic mass is 10.3. The van der Waals surface area contributed by atoms with Crippen LogP contribution >= 0.6 is 0 Å². The summed E-state index contributed by atoms with van der Waals surface area (Å²) in [5.41, 5.74) is 0. The monoisotopic (exact) mass is 286 g/mol. The Labute approximate surface area is 113 Å². The van der Waals surface area contributed by atoms with Gasteiger partial charge in [-0.1, -0.05) is 0 Å². The van der Waals surface area contributed by atoms with E-state index in [0.29, 0.717) is 18.0 Å². The number of ether oxygens (including phenoxy) is 2. The molecule has 0 radical (unpaired) electrons. The summed E-state index contributed by atoms with van der Waals surface area (Å²) in [6.45, 7) is 1.47. The number of hydrogen-bond acceptors (Lipinski definition) is 5. The molecule has 2 rings (SSSR count). The maximum Gasteiger partial charge on any atom is 0.244 e. The van der Waals surface area contributed by atoms with Crippen molar-refractivity contribution >= 4 is 10.0 Å². The Hall–Kier alpha value is -1.31. The van der Waals surface area contributed by atoms with Gasteiger partial charge in [0.25, 0.3) is 0 Å². The van der Waals surface area contributed by atoms with E-state index < -0.39 is 10.0 Å². The zero-order valence-electron chi connectivity index (χ0n) is 11.0. The summed E-state index contributed by atoms with van der Waals surface area (Å²) in [4.78, 5) is 0.0984. The smallest absolute Gasteiger partial charge is 0.244 e. The van der Waals surface area contributed by atoms with Crippen LogP contribution in [0.5, 0.6) is 11.5 Å². The highest BCUT2D eigenvalue weighted by Crippen LogP contribution is 2.28. The molecular weight excluding hydrogens is 268 g/mol. The first-order valence-corrected chi connectivity index (χ1v) is 7.50. The third-order valence-electron chi connectivity index (χ3n) is 3.04. The van der Waals surface area contributed by atoms with E-state index in [1.165, 1.54) is 20.3 Å². The second-order valence-electron chi connectivity index (χ2n) is 4.33. The van der Waals surface area contributed by atoms with Crippen LogP contribution in [-0.4, -0.2) is 41.8 Å². The highest BCUT2D eigenvalue weighted by atomic mass is 32.2. The molecule has 0 aromatic heterocycles. The first-order chi connectivity index (χ1) is 9.06. The van der Waals surface area contributed by atoms with Crippen molar-refractivity contribution in [2.45, 2.75) is 17.4 Å². The lowest BCUT2D eigenvalue weighted by Crippen LogP contribution is -2.36. The van der Waals surface area contributed by atoms with E-state index >= 15 is 0 Å². The molecular formula is C12H18N2O4S. The Kier molecular flexibility index (Phi) is 4.28. The Morgan fingerprint density at radius 2 is 2.11 bits per heavy atom. The topological polar surface area (TPSA) is 76.7 Å². The van der Waals surface area contributed by atoms with Gasteiger partial charge >= 0.3 is 0 Å². The van der Waals surface area contributed by atoms with Gasteiger partial charge in [-0.25, -0.2) is 13.1 Å². The van der Waals surface area contributed by atoms with Crippen LogP contribution < -0.4 is 19.5 Å². The van der Waals surface area contributed by atoms with Gasteiger partial charge in [-0.15, -0.1) is 0 Å². The molecule has 2 N–H and O–H groups in total. The molecule has 106 valence electrons. The van der Waals surface area contributed by atoms with Gasteiger partial charge in [-0.05, 0) is 25.1 Å². The normalized spacial score (nSPS) is 19.4. The SMILES string of the molecule is COc1ccc(OC)c(S(=O)(=O)N[C@@H]2CCNC2)c1. The fourth-order valence-corrected chi connectivity index (χ4v) is 3.49. The highest BCUT2D eigenvalue weighted by Gasteiger charge is 2.25. The highest BCUT2D eigenvalue weighted by molar-refractivity contribution is 7.89. The molecule has 0 saturated carbocycles. The summed E-state index contributed by atoms with van der Waals surface area (Å²) < 4.78 is 37.6. The number of benzene rings is 1. The number of sulfonamides is 1. The second-order valence-corrected chi connectivity index (χ2v) is 6.01. The number of rotatable bonds is 5. The molecule has 6 nitrogen and oxygen atoms in total. The minimum atomic E-state index is -3.61. The molecule has 1 heterocycles. The van der Waals surface area contributed by atoms with Crippen molar-refractivity contribution in [2.24, 2.45) is 0 Å². The zero-order chi connectivity index (χ0) is 13.9. The Morgan fingerprint density at radius 1 is 1.32 bits per heavy atom. The first-order valence-electron chi connectivity index (χ1n) is 6.02. The largest absolute Gasteiger partial charge is 0.497 e. The van der Waals surface area contributed by atoms with E-state index in [4.69, 9.17) is 9.47 Å². The van der Waals surface area contributed by atoms with Gasteiger partial charge in [0, 0.05) is 18.7 Å². The average Bonchev–Trinajstić information content (AvgIpc) is 2.90. The van der Waals surface area contributed by atoms with Crippen molar-refractivity contribution in [3.63, 3.8) is 0 Å². The van der Waals surface area contributed by atoms with Crippen LogP contribution in [-0.2, 0) is 10.0 Å². The molecule has 1 aromatic rings. The quantitative estimate of drug-likeness (QED) is 0.816. The van der Waals surface area contributed by atoms with Crippen molar-refractivity contribution in [1.82, 2.24) is 10.0 Å². The number of nitrogens with one attached hydrogen (secondary N) is 2. The molecule has 1 aliphatic heterocycles. The summed E-state index contributed by atoms with van der Waals surface area (Å²) in [7, 11) is -0.679. The third kappa shape index (κ3) is 3.17. The Morgan fingerprint density at radius 3 is 2.68 bits per heavy atom. The van der Waals surface area contributed by atoms with E-state index in [2.05, 4.69) is 10.0 Å². The van der Waals surface area contributed by atoms with Gasteiger partial charge in [-0.3, -0.25) is 0 Å². The van der Waals surface area contributed by atoms with Crippen LogP contribution in [0, 0.1) is 0 Å². The van der Waals surface area contributed by atoms with Gasteiger partial charge in [-0.2, -0.15) is 0 Å². The van der Waals surface area contributed by atoms with Crippen molar-refractivity contribution < 1.29 is 17.9 Å². The van der Waals surface area contributed by atoms with E-state index in [1.807, 2.05) is 0 Å². The van der Waals surface area contributed by atoms with Crippen LogP contribution in [0.3, 0.4) is 0 Å². The summed E-state index contributed by atoms with van der Waals surface area (Å²) in [6, 6.07) is 4.62. The maximum atomic E-state index is 12.4. The molecule has 7 heteroatoms. The van der Waals surface area contributed by atoms with E-state index in [1.54, 1.807) is 12.1 Å². The van der Waals surface area contributed by atoms with Crippen LogP contribution in [0.2, 0.25) is 0 Å². The molecule has 0 amide bonds. The molecule has 0 aliphatic carbocycles. The minimum absolute atomic E-state index is 0.0825. The molecule has 0 bridgehead atoms. The average molecular weight is 286 g/mol. The second kappa shape index (κ2) is 5.77. The fourth-order valence-electron chi connectivity index (χ4n) is 2.03. The summed E-state index contributed by atoms with van der Waals surface area (Å²) in [5, 5.41) is 3.11. The van der Waals surface area contributed by atoms with Crippen LogP contribution in [0.25, 0.3) is 0 Å². The van der Waals surface area contributed by atoms with E-state index in [0.717, 1.165) is 13.0 Å². The van der Waals surface area contributed by atoms with Gasteiger partial charge in [0.2, 0.25) is 10.0 Å². The van der Waals surface area contributed by atoms with Crippen molar-refractivity contribution in [3.05, 3.63) is 18.2 Å². The number of hydrogen-bond donors (Lipinski definition) is 2. The molecule has 19 heavy (non-hydrogen) atoms. The van der Waals surface area contributed by atoms with Crippen LogP contribution in [0.15, 0.2) is 23.1 Å². The summed E-state index contributed by atoms with van der Waals surface area (Å²) >= 11 is 0. The minimum Gasteiger partial charge on any atom is -0.497 e. The molecule has 1 aromatic carbocycles. The van der Waals surface area contributed by atoms with Gasteiger partial charge in [0.05, 0.1) is 14.2 Å². The maximum absolute atomic E-state index is 12.4. The van der Waals surface area contributed by atoms with E-state index in [-0.39, 0.29) is 10.9 Å². The summed E-state index contributed by atoms with van der Waals surface area (Å²) in [6.07, 6.45) is 0.783. The Bertz CT molecular complexity index is 539.